The molecule has 0 amide bonds. The molecular formula is C24H30N6O4S. The Hall–Kier alpha value is -3.57. The van der Waals surface area contributed by atoms with Gasteiger partial charge in [-0.1, -0.05) is 18.2 Å². The minimum atomic E-state index is -3.46. The Kier molecular flexibility index (Phi) is 7.57. The Bertz CT molecular complexity index is 1280. The molecule has 0 spiro atoms. The van der Waals surface area contributed by atoms with Crippen molar-refractivity contribution in [2.24, 2.45) is 0 Å². The maximum atomic E-state index is 11.8. The first kappa shape index (κ1) is 24.6. The van der Waals surface area contributed by atoms with Gasteiger partial charge in [0.15, 0.2) is 11.6 Å². The number of methoxy groups -OCH3 is 2. The third-order valence-electron chi connectivity index (χ3n) is 5.73. The van der Waals surface area contributed by atoms with Gasteiger partial charge in [0.2, 0.25) is 16.0 Å². The van der Waals surface area contributed by atoms with E-state index in [0.29, 0.717) is 40.6 Å². The first-order valence-corrected chi connectivity index (χ1v) is 13.2. The Morgan fingerprint density at radius 2 is 1.66 bits per heavy atom. The van der Waals surface area contributed by atoms with E-state index in [-0.39, 0.29) is 0 Å². The molecule has 4 rings (SSSR count). The Labute approximate surface area is 205 Å². The average molecular weight is 499 g/mol. The normalized spacial score (nSPS) is 14.3. The van der Waals surface area contributed by atoms with Crippen LogP contribution in [-0.2, 0) is 10.0 Å². The summed E-state index contributed by atoms with van der Waals surface area (Å²) in [5.41, 5.74) is 2.90. The Morgan fingerprint density at radius 3 is 2.34 bits per heavy atom. The molecule has 1 aliphatic rings. The van der Waals surface area contributed by atoms with Crippen molar-refractivity contribution in [3.63, 3.8) is 0 Å². The molecule has 0 bridgehead atoms. The first-order chi connectivity index (χ1) is 16.9. The summed E-state index contributed by atoms with van der Waals surface area (Å²) >= 11 is 0. The zero-order valence-corrected chi connectivity index (χ0v) is 20.8. The highest BCUT2D eigenvalue weighted by Crippen LogP contribution is 2.35. The number of hydrogen-bond donors (Lipinski definition) is 4. The number of rotatable bonds is 9. The van der Waals surface area contributed by atoms with E-state index in [0.717, 1.165) is 37.9 Å². The van der Waals surface area contributed by atoms with E-state index in [4.69, 9.17) is 9.47 Å². The maximum absolute atomic E-state index is 11.8. The molecule has 2 aromatic carbocycles. The zero-order chi connectivity index (χ0) is 24.8. The van der Waals surface area contributed by atoms with Gasteiger partial charge in [-0.15, -0.1) is 0 Å². The van der Waals surface area contributed by atoms with Crippen LogP contribution in [0.4, 0.5) is 28.8 Å². The summed E-state index contributed by atoms with van der Waals surface area (Å²) in [5.74, 6) is 2.32. The molecule has 0 atom stereocenters. The van der Waals surface area contributed by atoms with E-state index >= 15 is 0 Å². The quantitative estimate of drug-likeness (QED) is 0.348. The number of piperidine rings is 1. The lowest BCUT2D eigenvalue weighted by Gasteiger charge is -2.24. The molecule has 186 valence electrons. The van der Waals surface area contributed by atoms with Crippen LogP contribution in [-0.4, -0.2) is 52.0 Å². The maximum Gasteiger partial charge on any atom is 0.229 e. The second kappa shape index (κ2) is 10.8. The summed E-state index contributed by atoms with van der Waals surface area (Å²) in [6.45, 7) is 2.04. The summed E-state index contributed by atoms with van der Waals surface area (Å²) in [6.07, 6.45) is 4.84. The van der Waals surface area contributed by atoms with E-state index < -0.39 is 10.0 Å². The van der Waals surface area contributed by atoms with Crippen molar-refractivity contribution >= 4 is 38.9 Å². The minimum absolute atomic E-state index is 0.328. The molecule has 1 saturated heterocycles. The van der Waals surface area contributed by atoms with Crippen LogP contribution >= 0.6 is 0 Å². The van der Waals surface area contributed by atoms with Gasteiger partial charge in [0.1, 0.15) is 5.75 Å². The molecule has 1 fully saturated rings. The van der Waals surface area contributed by atoms with Crippen molar-refractivity contribution in [1.29, 1.82) is 0 Å². The Morgan fingerprint density at radius 1 is 0.943 bits per heavy atom. The van der Waals surface area contributed by atoms with Crippen LogP contribution in [0.2, 0.25) is 0 Å². The fourth-order valence-electron chi connectivity index (χ4n) is 4.02. The molecule has 11 heteroatoms. The van der Waals surface area contributed by atoms with Gasteiger partial charge in [0, 0.05) is 0 Å². The van der Waals surface area contributed by atoms with E-state index in [9.17, 15) is 8.42 Å². The van der Waals surface area contributed by atoms with Crippen LogP contribution in [0.15, 0.2) is 48.7 Å². The lowest BCUT2D eigenvalue weighted by Crippen LogP contribution is -2.26. The SMILES string of the molecule is COc1cc(C2CCNCC2)ccc1Nc1ncc(OC)c(Nc2ccccc2NS(C)(=O)=O)n1. The smallest absolute Gasteiger partial charge is 0.229 e. The summed E-state index contributed by atoms with van der Waals surface area (Å²) < 4.78 is 37.1. The lowest BCUT2D eigenvalue weighted by atomic mass is 9.90. The Balaban J connectivity index is 1.59. The number of hydrogen-bond acceptors (Lipinski definition) is 9. The molecule has 35 heavy (non-hydrogen) atoms. The van der Waals surface area contributed by atoms with Crippen molar-refractivity contribution < 1.29 is 17.9 Å². The second-order valence-electron chi connectivity index (χ2n) is 8.26. The highest BCUT2D eigenvalue weighted by atomic mass is 32.2. The topological polar surface area (TPSA) is 126 Å². The van der Waals surface area contributed by atoms with Crippen molar-refractivity contribution in [3.05, 3.63) is 54.2 Å². The summed E-state index contributed by atoms with van der Waals surface area (Å²) in [4.78, 5) is 8.91. The van der Waals surface area contributed by atoms with Crippen LogP contribution in [0.5, 0.6) is 11.5 Å². The number of aromatic nitrogens is 2. The minimum Gasteiger partial charge on any atom is -0.495 e. The third kappa shape index (κ3) is 6.31. The van der Waals surface area contributed by atoms with Gasteiger partial charge in [0.05, 0.1) is 43.7 Å². The molecule has 0 aliphatic carbocycles. The van der Waals surface area contributed by atoms with Gasteiger partial charge in [0.25, 0.3) is 0 Å². The zero-order valence-electron chi connectivity index (χ0n) is 20.0. The molecule has 3 aromatic rings. The standard InChI is InChI=1S/C24H30N6O4S/c1-33-21-14-17(16-10-12-25-13-11-16)8-9-20(21)28-24-26-15-22(34-2)23(29-24)27-18-6-4-5-7-19(18)30-35(3,31)32/h4-9,14-16,25,30H,10-13H2,1-3H3,(H2,26,27,28,29). The lowest BCUT2D eigenvalue weighted by molar-refractivity contribution is 0.412. The number of para-hydroxylation sites is 2. The number of nitrogens with zero attached hydrogens (tertiary/aromatic N) is 2. The highest BCUT2D eigenvalue weighted by molar-refractivity contribution is 7.92. The largest absolute Gasteiger partial charge is 0.495 e. The molecule has 0 unspecified atom stereocenters. The average Bonchev–Trinajstić information content (AvgIpc) is 2.85. The van der Waals surface area contributed by atoms with Gasteiger partial charge in [-0.3, -0.25) is 4.72 Å². The number of benzene rings is 2. The monoisotopic (exact) mass is 498 g/mol. The van der Waals surface area contributed by atoms with Gasteiger partial charge in [-0.25, -0.2) is 13.4 Å². The van der Waals surface area contributed by atoms with E-state index in [2.05, 4.69) is 42.8 Å². The second-order valence-corrected chi connectivity index (χ2v) is 10.0. The van der Waals surface area contributed by atoms with Crippen LogP contribution in [0.25, 0.3) is 0 Å². The number of ether oxygens (including phenoxy) is 2. The number of nitrogens with one attached hydrogen (secondary N) is 4. The van der Waals surface area contributed by atoms with Crippen molar-refractivity contribution in [2.45, 2.75) is 18.8 Å². The van der Waals surface area contributed by atoms with Gasteiger partial charge in [-0.05, 0) is 61.7 Å². The molecule has 1 aromatic heterocycles. The summed E-state index contributed by atoms with van der Waals surface area (Å²) in [6, 6.07) is 13.1. The molecule has 2 heterocycles. The molecule has 0 radical (unpaired) electrons. The van der Waals surface area contributed by atoms with E-state index in [1.54, 1.807) is 37.6 Å². The molecule has 4 N–H and O–H groups in total. The van der Waals surface area contributed by atoms with Gasteiger partial charge >= 0.3 is 0 Å². The predicted octanol–water partition coefficient (Wildman–Crippen LogP) is 3.82. The van der Waals surface area contributed by atoms with Crippen LogP contribution in [0, 0.1) is 0 Å². The third-order valence-corrected chi connectivity index (χ3v) is 6.32. The summed E-state index contributed by atoms with van der Waals surface area (Å²) in [7, 11) is -0.307. The van der Waals surface area contributed by atoms with Crippen LogP contribution in [0.3, 0.4) is 0 Å². The number of sulfonamides is 1. The highest BCUT2D eigenvalue weighted by Gasteiger charge is 2.18. The van der Waals surface area contributed by atoms with Crippen molar-refractivity contribution in [1.82, 2.24) is 15.3 Å². The van der Waals surface area contributed by atoms with Gasteiger partial charge < -0.3 is 25.4 Å². The molecule has 1 aliphatic heterocycles. The van der Waals surface area contributed by atoms with Crippen LogP contribution in [0.1, 0.15) is 24.3 Å². The van der Waals surface area contributed by atoms with Crippen molar-refractivity contribution in [3.8, 4) is 11.5 Å². The first-order valence-electron chi connectivity index (χ1n) is 11.3. The van der Waals surface area contributed by atoms with Crippen LogP contribution < -0.4 is 30.1 Å². The molecular weight excluding hydrogens is 468 g/mol. The van der Waals surface area contributed by atoms with E-state index in [1.165, 1.54) is 12.7 Å². The fraction of sp³-hybridized carbons (Fsp3) is 0.333. The fourth-order valence-corrected chi connectivity index (χ4v) is 4.60. The van der Waals surface area contributed by atoms with Crippen molar-refractivity contribution in [2.75, 3.05) is 48.9 Å². The molecule has 10 nitrogen and oxygen atoms in total. The van der Waals surface area contributed by atoms with Gasteiger partial charge in [-0.2, -0.15) is 4.98 Å². The number of anilines is 5. The predicted molar refractivity (Wildman–Crippen MR) is 138 cm³/mol. The van der Waals surface area contributed by atoms with E-state index in [1.807, 2.05) is 6.07 Å². The molecule has 0 saturated carbocycles. The summed E-state index contributed by atoms with van der Waals surface area (Å²) in [5, 5.41) is 9.75.